The van der Waals surface area contributed by atoms with Crippen LogP contribution in [0.4, 0.5) is 0 Å². The molecule has 0 unspecified atom stereocenters. The zero-order valence-corrected chi connectivity index (χ0v) is 20.8. The molecule has 1 aromatic heterocycles. The molecule has 0 spiro atoms. The second-order valence-corrected chi connectivity index (χ2v) is 10.0. The second kappa shape index (κ2) is 9.14. The third-order valence-electron chi connectivity index (χ3n) is 6.82. The lowest BCUT2D eigenvalue weighted by atomic mass is 9.95. The van der Waals surface area contributed by atoms with Crippen LogP contribution in [0.2, 0.25) is 0 Å². The van der Waals surface area contributed by atoms with Crippen LogP contribution in [0, 0.1) is 0 Å². The summed E-state index contributed by atoms with van der Waals surface area (Å²) in [5.41, 5.74) is 2.55. The van der Waals surface area contributed by atoms with E-state index < -0.39 is 5.97 Å². The molecule has 0 fully saturated rings. The number of fused-ring (bicyclic) bond motifs is 7. The van der Waals surface area contributed by atoms with E-state index in [9.17, 15) is 4.79 Å². The number of rotatable bonds is 6. The fraction of sp³-hybridized carbons (Fsp3) is 0.0938. The van der Waals surface area contributed by atoms with Crippen LogP contribution in [0.15, 0.2) is 103 Å². The van der Waals surface area contributed by atoms with Gasteiger partial charge in [-0.05, 0) is 63.7 Å². The van der Waals surface area contributed by atoms with E-state index in [1.165, 1.54) is 47.3 Å². The van der Waals surface area contributed by atoms with Crippen LogP contribution in [-0.4, -0.2) is 13.0 Å². The van der Waals surface area contributed by atoms with E-state index in [1.54, 1.807) is 7.05 Å². The average Bonchev–Trinajstić information content (AvgIpc) is 3.32. The van der Waals surface area contributed by atoms with Crippen LogP contribution >= 0.6 is 11.3 Å². The summed E-state index contributed by atoms with van der Waals surface area (Å²) < 4.78 is 8.28. The lowest BCUT2D eigenvalue weighted by Crippen LogP contribution is -2.20. The van der Waals surface area contributed by atoms with E-state index in [1.807, 2.05) is 35.6 Å². The van der Waals surface area contributed by atoms with Gasteiger partial charge in [0.15, 0.2) is 0 Å². The van der Waals surface area contributed by atoms with Crippen molar-refractivity contribution in [1.29, 1.82) is 0 Å². The fourth-order valence-corrected chi connectivity index (χ4v) is 6.26. The summed E-state index contributed by atoms with van der Waals surface area (Å²) in [5.74, 6) is 0.118. The SMILES string of the molecule is C=C(NC)C(=O)Oc1ccccc1CCc1cc2ccccc2c2c1sc1ccc3ccccc3c12. The second-order valence-electron chi connectivity index (χ2n) is 8.95. The van der Waals surface area contributed by atoms with Crippen molar-refractivity contribution in [2.45, 2.75) is 12.8 Å². The van der Waals surface area contributed by atoms with Crippen molar-refractivity contribution in [3.63, 3.8) is 0 Å². The molecule has 176 valence electrons. The Bertz CT molecular complexity index is 1800. The maximum Gasteiger partial charge on any atom is 0.359 e. The summed E-state index contributed by atoms with van der Waals surface area (Å²) in [6, 6.07) is 31.9. The van der Waals surface area contributed by atoms with Crippen molar-refractivity contribution in [3.8, 4) is 5.75 Å². The summed E-state index contributed by atoms with van der Waals surface area (Å²) in [6.07, 6.45) is 1.60. The molecule has 6 aromatic rings. The maximum atomic E-state index is 12.3. The molecular formula is C32H25NO2S. The van der Waals surface area contributed by atoms with E-state index in [4.69, 9.17) is 4.74 Å². The van der Waals surface area contributed by atoms with E-state index in [2.05, 4.69) is 78.6 Å². The minimum atomic E-state index is -0.463. The first-order valence-corrected chi connectivity index (χ1v) is 12.9. The standard InChI is InChI=1S/C32H25NO2S/c1-20(33-2)32(34)35-27-14-8-5-10-22(27)15-16-24-19-23-11-4-7-13-26(23)30-29-25-12-6-3-9-21(25)17-18-28(29)36-31(24)30/h3-14,17-19,33H,1,15-16H2,2H3. The van der Waals surface area contributed by atoms with Gasteiger partial charge in [0.2, 0.25) is 0 Å². The maximum absolute atomic E-state index is 12.3. The van der Waals surface area contributed by atoms with Crippen LogP contribution in [0.1, 0.15) is 11.1 Å². The van der Waals surface area contributed by atoms with Crippen molar-refractivity contribution in [2.75, 3.05) is 7.05 Å². The predicted molar refractivity (Wildman–Crippen MR) is 152 cm³/mol. The minimum Gasteiger partial charge on any atom is -0.422 e. The minimum absolute atomic E-state index is 0.235. The van der Waals surface area contributed by atoms with Gasteiger partial charge in [-0.25, -0.2) is 4.79 Å². The van der Waals surface area contributed by atoms with Gasteiger partial charge in [-0.1, -0.05) is 79.4 Å². The Morgan fingerprint density at radius 2 is 1.47 bits per heavy atom. The number of aryl methyl sites for hydroxylation is 2. The lowest BCUT2D eigenvalue weighted by molar-refractivity contribution is -0.130. The average molecular weight is 488 g/mol. The predicted octanol–water partition coefficient (Wildman–Crippen LogP) is 7.78. The Morgan fingerprint density at radius 1 is 0.806 bits per heavy atom. The molecule has 1 N–H and O–H groups in total. The van der Waals surface area contributed by atoms with Gasteiger partial charge in [0.25, 0.3) is 0 Å². The number of likely N-dealkylation sites (N-methyl/N-ethyl adjacent to an activating group) is 1. The number of esters is 1. The molecule has 36 heavy (non-hydrogen) atoms. The molecule has 3 nitrogen and oxygen atoms in total. The molecule has 0 bridgehead atoms. The third kappa shape index (κ3) is 3.80. The number of thiophene rings is 1. The summed E-state index contributed by atoms with van der Waals surface area (Å²) in [4.78, 5) is 12.3. The molecule has 0 saturated carbocycles. The summed E-state index contributed by atoms with van der Waals surface area (Å²) >= 11 is 1.87. The topological polar surface area (TPSA) is 38.3 Å². The van der Waals surface area contributed by atoms with Crippen LogP contribution in [-0.2, 0) is 17.6 Å². The molecule has 4 heteroatoms. The molecule has 0 atom stereocenters. The fourth-order valence-electron chi connectivity index (χ4n) is 4.98. The largest absolute Gasteiger partial charge is 0.422 e. The highest BCUT2D eigenvalue weighted by Gasteiger charge is 2.17. The van der Waals surface area contributed by atoms with Crippen molar-refractivity contribution in [2.24, 2.45) is 0 Å². The summed E-state index contributed by atoms with van der Waals surface area (Å²) in [6.45, 7) is 3.71. The molecule has 0 amide bonds. The van der Waals surface area contributed by atoms with Gasteiger partial charge in [-0.15, -0.1) is 11.3 Å². The van der Waals surface area contributed by atoms with Crippen LogP contribution in [0.3, 0.4) is 0 Å². The molecule has 0 saturated heterocycles. The van der Waals surface area contributed by atoms with Crippen molar-refractivity contribution < 1.29 is 9.53 Å². The highest BCUT2D eigenvalue weighted by molar-refractivity contribution is 7.26. The quantitative estimate of drug-likeness (QED) is 0.148. The van der Waals surface area contributed by atoms with Crippen LogP contribution in [0.25, 0.3) is 41.7 Å². The molecule has 0 aliphatic rings. The normalized spacial score (nSPS) is 11.4. The molecule has 0 radical (unpaired) electrons. The Morgan fingerprint density at radius 3 is 2.28 bits per heavy atom. The number of carbonyl (C=O) groups is 1. The van der Waals surface area contributed by atoms with E-state index in [0.717, 1.165) is 18.4 Å². The summed E-state index contributed by atoms with van der Waals surface area (Å²) in [7, 11) is 1.66. The molecule has 6 rings (SSSR count). The number of ether oxygens (including phenoxy) is 1. The Labute approximate surface area is 213 Å². The van der Waals surface area contributed by atoms with Gasteiger partial charge in [0, 0.05) is 27.2 Å². The number of benzene rings is 5. The zero-order valence-electron chi connectivity index (χ0n) is 20.0. The molecule has 5 aromatic carbocycles. The highest BCUT2D eigenvalue weighted by atomic mass is 32.1. The third-order valence-corrected chi connectivity index (χ3v) is 8.05. The molecule has 0 aliphatic heterocycles. The van der Waals surface area contributed by atoms with Crippen molar-refractivity contribution >= 4 is 59.0 Å². The van der Waals surface area contributed by atoms with Crippen LogP contribution < -0.4 is 10.1 Å². The monoisotopic (exact) mass is 487 g/mol. The van der Waals surface area contributed by atoms with Gasteiger partial charge >= 0.3 is 5.97 Å². The van der Waals surface area contributed by atoms with E-state index in [0.29, 0.717) is 5.75 Å². The zero-order chi connectivity index (χ0) is 24.6. The number of carbonyl (C=O) groups excluding carboxylic acids is 1. The van der Waals surface area contributed by atoms with Gasteiger partial charge < -0.3 is 10.1 Å². The number of nitrogens with one attached hydrogen (secondary N) is 1. The Kier molecular flexibility index (Phi) is 5.67. The number of para-hydroxylation sites is 1. The van der Waals surface area contributed by atoms with Gasteiger partial charge in [0.1, 0.15) is 11.4 Å². The Balaban J connectivity index is 1.47. The first-order valence-electron chi connectivity index (χ1n) is 12.1. The van der Waals surface area contributed by atoms with Gasteiger partial charge in [-0.2, -0.15) is 0 Å². The van der Waals surface area contributed by atoms with E-state index >= 15 is 0 Å². The number of hydrogen-bond donors (Lipinski definition) is 1. The van der Waals surface area contributed by atoms with Crippen molar-refractivity contribution in [3.05, 3.63) is 114 Å². The van der Waals surface area contributed by atoms with E-state index in [-0.39, 0.29) is 5.70 Å². The lowest BCUT2D eigenvalue weighted by Gasteiger charge is -2.12. The van der Waals surface area contributed by atoms with Crippen molar-refractivity contribution in [1.82, 2.24) is 5.32 Å². The number of hydrogen-bond acceptors (Lipinski definition) is 4. The van der Waals surface area contributed by atoms with Gasteiger partial charge in [0.05, 0.1) is 0 Å². The molecular weight excluding hydrogens is 462 g/mol. The first kappa shape index (κ1) is 22.3. The highest BCUT2D eigenvalue weighted by Crippen LogP contribution is 2.44. The smallest absolute Gasteiger partial charge is 0.359 e. The summed E-state index contributed by atoms with van der Waals surface area (Å²) in [5, 5.41) is 10.5. The van der Waals surface area contributed by atoms with Gasteiger partial charge in [-0.3, -0.25) is 0 Å². The Hall–Kier alpha value is -4.15. The van der Waals surface area contributed by atoms with Crippen LogP contribution in [0.5, 0.6) is 5.75 Å². The molecule has 0 aliphatic carbocycles. The molecule has 1 heterocycles. The first-order chi connectivity index (χ1) is 17.6.